The lowest BCUT2D eigenvalue weighted by Crippen LogP contribution is -2.23. The van der Waals surface area contributed by atoms with E-state index in [0.717, 1.165) is 30.0 Å². The van der Waals surface area contributed by atoms with Crippen LogP contribution in [0, 0.1) is 19.7 Å². The van der Waals surface area contributed by atoms with Gasteiger partial charge in [0.15, 0.2) is 0 Å². The quantitative estimate of drug-likeness (QED) is 0.739. The Morgan fingerprint density at radius 2 is 1.84 bits per heavy atom. The average molecular weight is 338 g/mol. The van der Waals surface area contributed by atoms with Gasteiger partial charge in [-0.05, 0) is 44.9 Å². The third-order valence-corrected chi connectivity index (χ3v) is 4.98. The monoisotopic (exact) mass is 338 g/mol. The minimum Gasteiger partial charge on any atom is -0.367 e. The van der Waals surface area contributed by atoms with Crippen LogP contribution in [0.5, 0.6) is 0 Å². The van der Waals surface area contributed by atoms with E-state index in [1.165, 1.54) is 25.3 Å². The van der Waals surface area contributed by atoms with Crippen LogP contribution in [0.3, 0.4) is 0 Å². The molecule has 0 atom stereocenters. The van der Waals surface area contributed by atoms with Gasteiger partial charge in [0.25, 0.3) is 0 Å². The summed E-state index contributed by atoms with van der Waals surface area (Å²) in [7, 11) is 0. The summed E-state index contributed by atoms with van der Waals surface area (Å²) in [5, 5.41) is 3.65. The molecule has 0 amide bonds. The number of halogens is 1. The molecular weight excluding hydrogens is 315 g/mol. The number of benzene rings is 1. The van der Waals surface area contributed by atoms with E-state index >= 15 is 0 Å². The predicted molar refractivity (Wildman–Crippen MR) is 98.4 cm³/mol. The topological polar surface area (TPSA) is 42.2 Å². The Labute approximate surface area is 147 Å². The minimum absolute atomic E-state index is 0.257. The van der Waals surface area contributed by atoms with E-state index in [4.69, 9.17) is 0 Å². The molecule has 0 unspecified atom stereocenters. The molecule has 130 valence electrons. The predicted octanol–water partition coefficient (Wildman–Crippen LogP) is 4.90. The van der Waals surface area contributed by atoms with Crippen molar-refractivity contribution >= 4 is 11.6 Å². The maximum atomic E-state index is 14.4. The first-order valence-corrected chi connectivity index (χ1v) is 9.01. The normalized spacial score (nSPS) is 15.6. The second-order valence-corrected chi connectivity index (χ2v) is 6.94. The van der Waals surface area contributed by atoms with E-state index < -0.39 is 0 Å². The number of aromatic nitrogens is 3. The van der Waals surface area contributed by atoms with E-state index in [-0.39, 0.29) is 5.82 Å². The van der Waals surface area contributed by atoms with Gasteiger partial charge >= 0.3 is 0 Å². The Balaban J connectivity index is 1.90. The Kier molecular flexibility index (Phi) is 4.15. The number of hydrogen-bond acceptors (Lipinski definition) is 3. The fourth-order valence-corrected chi connectivity index (χ4v) is 3.79. The van der Waals surface area contributed by atoms with Gasteiger partial charge in [-0.15, -0.1) is 0 Å². The van der Waals surface area contributed by atoms with Gasteiger partial charge in [-0.3, -0.25) is 4.40 Å². The highest BCUT2D eigenvalue weighted by molar-refractivity contribution is 5.76. The lowest BCUT2D eigenvalue weighted by Gasteiger charge is -2.24. The summed E-state index contributed by atoms with van der Waals surface area (Å²) in [6.07, 6.45) is 6.05. The summed E-state index contributed by atoms with van der Waals surface area (Å²) < 4.78 is 16.5. The first-order chi connectivity index (χ1) is 12.1. The molecule has 4 nitrogen and oxygen atoms in total. The van der Waals surface area contributed by atoms with Crippen LogP contribution in [-0.4, -0.2) is 20.4 Å². The van der Waals surface area contributed by atoms with E-state index in [0.29, 0.717) is 23.1 Å². The fourth-order valence-electron chi connectivity index (χ4n) is 3.79. The highest BCUT2D eigenvalue weighted by Crippen LogP contribution is 2.33. The largest absolute Gasteiger partial charge is 0.367 e. The van der Waals surface area contributed by atoms with Crippen LogP contribution >= 0.6 is 0 Å². The maximum Gasteiger partial charge on any atom is 0.236 e. The van der Waals surface area contributed by atoms with Gasteiger partial charge in [-0.1, -0.05) is 31.4 Å². The number of rotatable bonds is 3. The van der Waals surface area contributed by atoms with Gasteiger partial charge in [0.05, 0.1) is 0 Å². The Morgan fingerprint density at radius 1 is 1.08 bits per heavy atom. The Morgan fingerprint density at radius 3 is 2.60 bits per heavy atom. The minimum atomic E-state index is -0.257. The van der Waals surface area contributed by atoms with Crippen LogP contribution < -0.4 is 5.32 Å². The zero-order valence-electron chi connectivity index (χ0n) is 14.7. The second-order valence-electron chi connectivity index (χ2n) is 6.94. The van der Waals surface area contributed by atoms with Crippen molar-refractivity contribution in [3.8, 4) is 11.3 Å². The number of aryl methyl sites for hydroxylation is 2. The smallest absolute Gasteiger partial charge is 0.236 e. The van der Waals surface area contributed by atoms with Crippen LogP contribution in [0.1, 0.15) is 43.5 Å². The summed E-state index contributed by atoms with van der Waals surface area (Å²) in [5.74, 6) is 1.22. The highest BCUT2D eigenvalue weighted by Gasteiger charge is 2.22. The van der Waals surface area contributed by atoms with Gasteiger partial charge in [-0.25, -0.2) is 14.4 Å². The summed E-state index contributed by atoms with van der Waals surface area (Å²) in [6.45, 7) is 4.00. The van der Waals surface area contributed by atoms with Crippen LogP contribution in [-0.2, 0) is 0 Å². The van der Waals surface area contributed by atoms with E-state index in [1.54, 1.807) is 12.1 Å². The molecular formula is C20H23FN4. The molecule has 1 aromatic carbocycles. The van der Waals surface area contributed by atoms with Gasteiger partial charge in [0.2, 0.25) is 5.78 Å². The molecule has 1 N–H and O–H groups in total. The molecule has 4 rings (SSSR count). The molecule has 0 bridgehead atoms. The summed E-state index contributed by atoms with van der Waals surface area (Å²) in [6, 6.07) is 9.25. The molecule has 25 heavy (non-hydrogen) atoms. The Bertz CT molecular complexity index is 909. The summed E-state index contributed by atoms with van der Waals surface area (Å²) >= 11 is 0. The average Bonchev–Trinajstić information content (AvgIpc) is 2.94. The molecule has 1 aliphatic carbocycles. The van der Waals surface area contributed by atoms with Gasteiger partial charge in [-0.2, -0.15) is 0 Å². The molecule has 1 fully saturated rings. The zero-order chi connectivity index (χ0) is 17.4. The molecule has 5 heteroatoms. The lowest BCUT2D eigenvalue weighted by atomic mass is 9.95. The Hall–Kier alpha value is -2.43. The molecule has 2 aromatic heterocycles. The third kappa shape index (κ3) is 2.99. The number of imidazole rings is 1. The molecule has 3 aromatic rings. The van der Waals surface area contributed by atoms with Crippen molar-refractivity contribution in [1.29, 1.82) is 0 Å². The maximum absolute atomic E-state index is 14.4. The van der Waals surface area contributed by atoms with Crippen LogP contribution in [0.2, 0.25) is 0 Å². The molecule has 0 aliphatic heterocycles. The van der Waals surface area contributed by atoms with Crippen molar-refractivity contribution in [2.75, 3.05) is 5.32 Å². The number of nitrogens with one attached hydrogen (secondary N) is 1. The fraction of sp³-hybridized carbons (Fsp3) is 0.400. The molecule has 1 aliphatic rings. The van der Waals surface area contributed by atoms with Gasteiger partial charge < -0.3 is 5.32 Å². The molecule has 0 radical (unpaired) electrons. The van der Waals surface area contributed by atoms with Crippen LogP contribution in [0.25, 0.3) is 17.0 Å². The van der Waals surface area contributed by atoms with Crippen LogP contribution in [0.4, 0.5) is 10.2 Å². The molecule has 1 saturated carbocycles. The first-order valence-electron chi connectivity index (χ1n) is 9.01. The van der Waals surface area contributed by atoms with Crippen molar-refractivity contribution in [2.45, 2.75) is 52.0 Å². The number of hydrogen-bond donors (Lipinski definition) is 1. The van der Waals surface area contributed by atoms with E-state index in [1.807, 2.05) is 30.4 Å². The van der Waals surface area contributed by atoms with Crippen molar-refractivity contribution in [1.82, 2.24) is 14.4 Å². The standard InChI is InChI=1S/C20H23FN4/c1-13-12-14(2)25-19(23-15-8-4-3-5-9-15)18(24-20(25)22-13)16-10-6-7-11-17(16)21/h6-7,10-12,15,23H,3-5,8-9H2,1-2H3. The van der Waals surface area contributed by atoms with E-state index in [2.05, 4.69) is 15.3 Å². The first kappa shape index (κ1) is 16.1. The highest BCUT2D eigenvalue weighted by atomic mass is 19.1. The molecule has 0 spiro atoms. The SMILES string of the molecule is Cc1cc(C)n2c(NC3CCCCC3)c(-c3ccccc3F)nc2n1. The van der Waals surface area contributed by atoms with Crippen molar-refractivity contribution in [2.24, 2.45) is 0 Å². The zero-order valence-corrected chi connectivity index (χ0v) is 14.7. The van der Waals surface area contributed by atoms with Crippen molar-refractivity contribution in [3.63, 3.8) is 0 Å². The lowest BCUT2D eigenvalue weighted by molar-refractivity contribution is 0.461. The van der Waals surface area contributed by atoms with Crippen molar-refractivity contribution in [3.05, 3.63) is 47.5 Å². The van der Waals surface area contributed by atoms with E-state index in [9.17, 15) is 4.39 Å². The van der Waals surface area contributed by atoms with Gasteiger partial charge in [0, 0.05) is 23.0 Å². The number of fused-ring (bicyclic) bond motifs is 1. The molecule has 2 heterocycles. The van der Waals surface area contributed by atoms with Crippen LogP contribution in [0.15, 0.2) is 30.3 Å². The van der Waals surface area contributed by atoms with Gasteiger partial charge in [0.1, 0.15) is 17.3 Å². The third-order valence-electron chi connectivity index (χ3n) is 4.98. The number of nitrogens with zero attached hydrogens (tertiary/aromatic N) is 3. The van der Waals surface area contributed by atoms with Crippen molar-refractivity contribution < 1.29 is 4.39 Å². The summed E-state index contributed by atoms with van der Waals surface area (Å²) in [4.78, 5) is 9.24. The summed E-state index contributed by atoms with van der Waals surface area (Å²) in [5.41, 5.74) is 3.13. The number of anilines is 1. The molecule has 0 saturated heterocycles. The second kappa shape index (κ2) is 6.47.